The van der Waals surface area contributed by atoms with Crippen molar-refractivity contribution in [1.29, 1.82) is 0 Å². The lowest BCUT2D eigenvalue weighted by Crippen LogP contribution is -2.52. The Morgan fingerprint density at radius 2 is 2.19 bits per heavy atom. The van der Waals surface area contributed by atoms with Gasteiger partial charge in [-0.1, -0.05) is 5.92 Å². The number of aliphatic carboxylic acids is 1. The molecule has 1 atom stereocenters. The molecule has 0 bridgehead atoms. The first kappa shape index (κ1) is 12.4. The summed E-state index contributed by atoms with van der Waals surface area (Å²) in [5.41, 5.74) is -0.761. The van der Waals surface area contributed by atoms with Crippen LogP contribution in [0.4, 0.5) is 4.79 Å². The van der Waals surface area contributed by atoms with Gasteiger partial charge in [0.25, 0.3) is 0 Å². The fourth-order valence-electron chi connectivity index (χ4n) is 1.64. The molecule has 0 saturated carbocycles. The number of hydrogen-bond acceptors (Lipinski definition) is 2. The predicted octanol–water partition coefficient (Wildman–Crippen LogP) is 0.657. The van der Waals surface area contributed by atoms with Gasteiger partial charge in [-0.05, 0) is 26.7 Å². The molecule has 0 aromatic heterocycles. The topological polar surface area (TPSA) is 69.6 Å². The van der Waals surface area contributed by atoms with Crippen LogP contribution in [-0.2, 0) is 4.79 Å². The van der Waals surface area contributed by atoms with E-state index in [1.165, 1.54) is 4.90 Å². The molecular weight excluding hydrogens is 208 g/mol. The summed E-state index contributed by atoms with van der Waals surface area (Å²) in [6.45, 7) is 3.84. The Labute approximate surface area is 94.8 Å². The highest BCUT2D eigenvalue weighted by atomic mass is 16.4. The first-order valence-corrected chi connectivity index (χ1v) is 5.17. The molecular formula is C11H16N2O3. The molecule has 1 saturated heterocycles. The van der Waals surface area contributed by atoms with E-state index in [0.29, 0.717) is 19.4 Å². The Morgan fingerprint density at radius 3 is 2.69 bits per heavy atom. The minimum atomic E-state index is -0.967. The predicted molar refractivity (Wildman–Crippen MR) is 58.8 cm³/mol. The first-order chi connectivity index (χ1) is 7.37. The zero-order valence-electron chi connectivity index (χ0n) is 9.49. The van der Waals surface area contributed by atoms with Gasteiger partial charge in [-0.3, -0.25) is 0 Å². The molecule has 2 amide bonds. The Hall–Kier alpha value is -1.70. The summed E-state index contributed by atoms with van der Waals surface area (Å²) in [5.74, 6) is 1.47. The third-order valence-corrected chi connectivity index (χ3v) is 2.58. The maximum absolute atomic E-state index is 11.8. The van der Waals surface area contributed by atoms with Crippen molar-refractivity contribution in [3.8, 4) is 12.3 Å². The van der Waals surface area contributed by atoms with Gasteiger partial charge in [0, 0.05) is 6.54 Å². The molecule has 1 unspecified atom stereocenters. The second-order valence-corrected chi connectivity index (χ2v) is 4.39. The SMILES string of the molecule is C#CC(C)(C)NC(=O)N1CCCC1C(=O)O. The van der Waals surface area contributed by atoms with Crippen LogP contribution in [0.25, 0.3) is 0 Å². The van der Waals surface area contributed by atoms with E-state index >= 15 is 0 Å². The fourth-order valence-corrected chi connectivity index (χ4v) is 1.64. The number of likely N-dealkylation sites (tertiary alicyclic amines) is 1. The van der Waals surface area contributed by atoms with Crippen LogP contribution in [0.3, 0.4) is 0 Å². The van der Waals surface area contributed by atoms with Crippen LogP contribution in [0.15, 0.2) is 0 Å². The molecule has 0 spiro atoms. The second kappa shape index (κ2) is 4.44. The van der Waals surface area contributed by atoms with Gasteiger partial charge in [-0.25, -0.2) is 9.59 Å². The minimum Gasteiger partial charge on any atom is -0.480 e. The average Bonchev–Trinajstić information content (AvgIpc) is 2.65. The van der Waals surface area contributed by atoms with E-state index in [-0.39, 0.29) is 0 Å². The van der Waals surface area contributed by atoms with Crippen LogP contribution in [0.5, 0.6) is 0 Å². The normalized spacial score (nSPS) is 20.3. The highest BCUT2D eigenvalue weighted by Gasteiger charge is 2.35. The number of urea groups is 1. The molecule has 88 valence electrons. The minimum absolute atomic E-state index is 0.409. The highest BCUT2D eigenvalue weighted by Crippen LogP contribution is 2.18. The van der Waals surface area contributed by atoms with E-state index in [9.17, 15) is 9.59 Å². The monoisotopic (exact) mass is 224 g/mol. The van der Waals surface area contributed by atoms with Crippen LogP contribution < -0.4 is 5.32 Å². The van der Waals surface area contributed by atoms with Gasteiger partial charge in [0.2, 0.25) is 0 Å². The van der Waals surface area contributed by atoms with Crippen molar-refractivity contribution in [2.24, 2.45) is 0 Å². The summed E-state index contributed by atoms with van der Waals surface area (Å²) in [6.07, 6.45) is 6.46. The van der Waals surface area contributed by atoms with Crippen molar-refractivity contribution in [1.82, 2.24) is 10.2 Å². The molecule has 1 rings (SSSR count). The lowest BCUT2D eigenvalue weighted by molar-refractivity contribution is -0.141. The summed E-state index contributed by atoms with van der Waals surface area (Å²) in [4.78, 5) is 24.0. The molecule has 0 aliphatic carbocycles. The van der Waals surface area contributed by atoms with Crippen LogP contribution >= 0.6 is 0 Å². The first-order valence-electron chi connectivity index (χ1n) is 5.17. The van der Waals surface area contributed by atoms with Crippen molar-refractivity contribution < 1.29 is 14.7 Å². The Bertz CT molecular complexity index is 344. The molecule has 5 heteroatoms. The van der Waals surface area contributed by atoms with E-state index in [1.54, 1.807) is 13.8 Å². The molecule has 1 fully saturated rings. The Morgan fingerprint density at radius 1 is 1.56 bits per heavy atom. The number of nitrogens with zero attached hydrogens (tertiary/aromatic N) is 1. The summed E-state index contributed by atoms with van der Waals surface area (Å²) in [5, 5.41) is 11.5. The quantitative estimate of drug-likeness (QED) is 0.677. The third-order valence-electron chi connectivity index (χ3n) is 2.58. The van der Waals surface area contributed by atoms with Crippen molar-refractivity contribution in [3.05, 3.63) is 0 Å². The Balaban J connectivity index is 2.68. The van der Waals surface area contributed by atoms with Gasteiger partial charge in [0.1, 0.15) is 6.04 Å². The molecule has 1 aliphatic heterocycles. The second-order valence-electron chi connectivity index (χ2n) is 4.39. The highest BCUT2D eigenvalue weighted by molar-refractivity contribution is 5.83. The van der Waals surface area contributed by atoms with Crippen LogP contribution in [0.2, 0.25) is 0 Å². The standard InChI is InChI=1S/C11H16N2O3/c1-4-11(2,3)12-10(16)13-7-5-6-8(13)9(14)15/h1,8H,5-7H2,2-3H3,(H,12,16)(H,14,15). The molecule has 5 nitrogen and oxygen atoms in total. The van der Waals surface area contributed by atoms with Crippen molar-refractivity contribution in [2.45, 2.75) is 38.3 Å². The maximum atomic E-state index is 11.8. The lowest BCUT2D eigenvalue weighted by atomic mass is 10.1. The number of rotatable bonds is 2. The lowest BCUT2D eigenvalue weighted by Gasteiger charge is -2.27. The van der Waals surface area contributed by atoms with E-state index < -0.39 is 23.6 Å². The van der Waals surface area contributed by atoms with Gasteiger partial charge < -0.3 is 15.3 Å². The number of carboxylic acid groups (broad SMARTS) is 1. The van der Waals surface area contributed by atoms with E-state index in [2.05, 4.69) is 11.2 Å². The van der Waals surface area contributed by atoms with E-state index in [0.717, 1.165) is 0 Å². The van der Waals surface area contributed by atoms with Gasteiger partial charge in [-0.15, -0.1) is 6.42 Å². The average molecular weight is 224 g/mol. The molecule has 16 heavy (non-hydrogen) atoms. The van der Waals surface area contributed by atoms with E-state index in [4.69, 9.17) is 11.5 Å². The molecule has 1 aliphatic rings. The number of nitrogens with one attached hydrogen (secondary N) is 1. The van der Waals surface area contributed by atoms with E-state index in [1.807, 2.05) is 0 Å². The number of terminal acetylenes is 1. The summed E-state index contributed by atoms with van der Waals surface area (Å²) < 4.78 is 0. The van der Waals surface area contributed by atoms with Crippen molar-refractivity contribution in [2.75, 3.05) is 6.54 Å². The number of carboxylic acids is 1. The number of carbonyl (C=O) groups excluding carboxylic acids is 1. The van der Waals surface area contributed by atoms with Crippen LogP contribution in [0, 0.1) is 12.3 Å². The van der Waals surface area contributed by atoms with Crippen LogP contribution in [-0.4, -0.2) is 40.1 Å². The van der Waals surface area contributed by atoms with Gasteiger partial charge in [-0.2, -0.15) is 0 Å². The smallest absolute Gasteiger partial charge is 0.326 e. The third kappa shape index (κ3) is 2.66. The molecule has 2 N–H and O–H groups in total. The maximum Gasteiger partial charge on any atom is 0.326 e. The zero-order chi connectivity index (χ0) is 12.3. The number of carbonyl (C=O) groups is 2. The number of hydrogen-bond donors (Lipinski definition) is 2. The van der Waals surface area contributed by atoms with Gasteiger partial charge in [0.05, 0.1) is 5.54 Å². The number of amides is 2. The summed E-state index contributed by atoms with van der Waals surface area (Å²) >= 11 is 0. The molecule has 1 heterocycles. The summed E-state index contributed by atoms with van der Waals surface area (Å²) in [6, 6.07) is -1.14. The Kier molecular flexibility index (Phi) is 3.43. The van der Waals surface area contributed by atoms with Crippen molar-refractivity contribution in [3.63, 3.8) is 0 Å². The fraction of sp³-hybridized carbons (Fsp3) is 0.636. The molecule has 0 aromatic rings. The van der Waals surface area contributed by atoms with Crippen LogP contribution in [0.1, 0.15) is 26.7 Å². The van der Waals surface area contributed by atoms with Crippen molar-refractivity contribution >= 4 is 12.0 Å². The summed E-state index contributed by atoms with van der Waals surface area (Å²) in [7, 11) is 0. The zero-order valence-corrected chi connectivity index (χ0v) is 9.49. The van der Waals surface area contributed by atoms with Gasteiger partial charge in [0.15, 0.2) is 0 Å². The largest absolute Gasteiger partial charge is 0.480 e. The van der Waals surface area contributed by atoms with Gasteiger partial charge >= 0.3 is 12.0 Å². The molecule has 0 radical (unpaired) electrons. The molecule has 0 aromatic carbocycles.